The van der Waals surface area contributed by atoms with Crippen molar-refractivity contribution in [2.75, 3.05) is 17.7 Å². The number of nitrogens with one attached hydrogen (secondary N) is 2. The predicted octanol–water partition coefficient (Wildman–Crippen LogP) is 5.45. The topological polar surface area (TPSA) is 115 Å². The lowest BCUT2D eigenvalue weighted by atomic mass is 10.2. The molecule has 0 atom stereocenters. The summed E-state index contributed by atoms with van der Waals surface area (Å²) in [4.78, 5) is 23.8. The van der Waals surface area contributed by atoms with Crippen molar-refractivity contribution in [3.05, 3.63) is 63.4 Å². The van der Waals surface area contributed by atoms with Crippen molar-refractivity contribution < 1.29 is 9.66 Å². The summed E-state index contributed by atoms with van der Waals surface area (Å²) in [5.74, 6) is 0.774. The number of fused-ring (bicyclic) bond motifs is 1. The highest BCUT2D eigenvalue weighted by Crippen LogP contribution is 2.36. The molecule has 0 amide bonds. The minimum absolute atomic E-state index is 0.0294. The zero-order chi connectivity index (χ0) is 21.3. The molecule has 2 N–H and O–H groups in total. The van der Waals surface area contributed by atoms with E-state index in [-0.39, 0.29) is 17.3 Å². The van der Waals surface area contributed by atoms with Gasteiger partial charge in [0.1, 0.15) is 12.1 Å². The summed E-state index contributed by atoms with van der Waals surface area (Å²) < 4.78 is 6.10. The first-order valence-corrected chi connectivity index (χ1v) is 9.88. The number of nitro groups is 1. The Hall–Kier alpha value is -3.50. The lowest BCUT2D eigenvalue weighted by Gasteiger charge is -2.09. The molecule has 9 nitrogen and oxygen atoms in total. The van der Waals surface area contributed by atoms with Gasteiger partial charge >= 0.3 is 5.69 Å². The van der Waals surface area contributed by atoms with Crippen LogP contribution in [0.1, 0.15) is 5.56 Å². The maximum Gasteiger partial charge on any atom is 0.353 e. The highest BCUT2D eigenvalue weighted by molar-refractivity contribution is 7.22. The molecule has 2 heterocycles. The summed E-state index contributed by atoms with van der Waals surface area (Å²) in [7, 11) is 1.58. The normalized spacial score (nSPS) is 10.8. The van der Waals surface area contributed by atoms with Crippen LogP contribution in [0.25, 0.3) is 10.2 Å². The standard InChI is InChI=1S/C19H15ClN6O3S/c1-10-3-4-11(7-13(10)20)23-17-16(26(27)28)18(22-9-21-17)25-19-24-14-6-5-12(29-2)8-15(14)30-19/h3-9H,1-2H3,(H2,21,22,23,24,25). The van der Waals surface area contributed by atoms with Crippen molar-refractivity contribution in [3.8, 4) is 5.75 Å². The van der Waals surface area contributed by atoms with Gasteiger partial charge in [-0.15, -0.1) is 0 Å². The molecule has 4 aromatic rings. The molecule has 0 radical (unpaired) electrons. The minimum atomic E-state index is -0.545. The van der Waals surface area contributed by atoms with Crippen LogP contribution >= 0.6 is 22.9 Å². The van der Waals surface area contributed by atoms with Gasteiger partial charge in [0.15, 0.2) is 5.13 Å². The van der Waals surface area contributed by atoms with Crippen molar-refractivity contribution in [1.82, 2.24) is 15.0 Å². The van der Waals surface area contributed by atoms with Crippen molar-refractivity contribution >= 4 is 61.3 Å². The van der Waals surface area contributed by atoms with E-state index < -0.39 is 4.92 Å². The molecule has 0 saturated heterocycles. The Morgan fingerprint density at radius 1 is 1.13 bits per heavy atom. The molecule has 0 fully saturated rings. The van der Waals surface area contributed by atoms with Crippen LogP contribution in [0.2, 0.25) is 5.02 Å². The molecule has 0 aliphatic heterocycles. The number of anilines is 4. The van der Waals surface area contributed by atoms with Gasteiger partial charge in [-0.2, -0.15) is 0 Å². The van der Waals surface area contributed by atoms with E-state index in [0.717, 1.165) is 15.8 Å². The van der Waals surface area contributed by atoms with E-state index in [1.54, 1.807) is 25.3 Å². The molecular formula is C19H15ClN6O3S. The molecular weight excluding hydrogens is 428 g/mol. The first-order valence-electron chi connectivity index (χ1n) is 8.69. The molecule has 0 spiro atoms. The van der Waals surface area contributed by atoms with E-state index in [1.807, 2.05) is 25.1 Å². The molecule has 4 rings (SSSR count). The van der Waals surface area contributed by atoms with Gasteiger partial charge in [-0.25, -0.2) is 15.0 Å². The molecule has 0 bridgehead atoms. The molecule has 30 heavy (non-hydrogen) atoms. The lowest BCUT2D eigenvalue weighted by Crippen LogP contribution is -2.05. The van der Waals surface area contributed by atoms with Crippen LogP contribution < -0.4 is 15.4 Å². The van der Waals surface area contributed by atoms with Crippen molar-refractivity contribution in [2.24, 2.45) is 0 Å². The molecule has 0 aliphatic rings. The Morgan fingerprint density at radius 3 is 2.60 bits per heavy atom. The van der Waals surface area contributed by atoms with E-state index >= 15 is 0 Å². The third-order valence-electron chi connectivity index (χ3n) is 4.26. The van der Waals surface area contributed by atoms with E-state index in [9.17, 15) is 10.1 Å². The van der Waals surface area contributed by atoms with Crippen LogP contribution in [0.3, 0.4) is 0 Å². The summed E-state index contributed by atoms with van der Waals surface area (Å²) in [6.45, 7) is 1.87. The highest BCUT2D eigenvalue weighted by atomic mass is 35.5. The Bertz CT molecular complexity index is 1260. The fraction of sp³-hybridized carbons (Fsp3) is 0.105. The summed E-state index contributed by atoms with van der Waals surface area (Å²) in [5, 5.41) is 18.7. The van der Waals surface area contributed by atoms with Crippen LogP contribution in [0.5, 0.6) is 5.75 Å². The number of hydrogen-bond acceptors (Lipinski definition) is 9. The number of methoxy groups -OCH3 is 1. The van der Waals surface area contributed by atoms with Crippen molar-refractivity contribution in [1.29, 1.82) is 0 Å². The van der Waals surface area contributed by atoms with Crippen molar-refractivity contribution in [2.45, 2.75) is 6.92 Å². The molecule has 11 heteroatoms. The molecule has 0 saturated carbocycles. The number of hydrogen-bond donors (Lipinski definition) is 2. The molecule has 152 valence electrons. The fourth-order valence-corrected chi connectivity index (χ4v) is 3.80. The van der Waals surface area contributed by atoms with Crippen molar-refractivity contribution in [3.63, 3.8) is 0 Å². The van der Waals surface area contributed by atoms with Crippen LogP contribution in [0.15, 0.2) is 42.7 Å². The Kier molecular flexibility index (Phi) is 5.34. The zero-order valence-electron chi connectivity index (χ0n) is 15.8. The number of aromatic nitrogens is 3. The van der Waals surface area contributed by atoms with Crippen LogP contribution in [0.4, 0.5) is 28.1 Å². The molecule has 0 aliphatic carbocycles. The summed E-state index contributed by atoms with van der Waals surface area (Å²) in [6, 6.07) is 10.7. The highest BCUT2D eigenvalue weighted by Gasteiger charge is 2.24. The van der Waals surface area contributed by atoms with Crippen LogP contribution in [0, 0.1) is 17.0 Å². The van der Waals surface area contributed by atoms with Gasteiger partial charge in [-0.1, -0.05) is 29.0 Å². The summed E-state index contributed by atoms with van der Waals surface area (Å²) in [5.41, 5.74) is 1.92. The van der Waals surface area contributed by atoms with Gasteiger partial charge in [0.05, 0.1) is 22.2 Å². The predicted molar refractivity (Wildman–Crippen MR) is 118 cm³/mol. The lowest BCUT2D eigenvalue weighted by molar-refractivity contribution is -0.383. The number of rotatable bonds is 6. The van der Waals surface area contributed by atoms with E-state index in [2.05, 4.69) is 25.6 Å². The smallest absolute Gasteiger partial charge is 0.353 e. The zero-order valence-corrected chi connectivity index (χ0v) is 17.4. The van der Waals surface area contributed by atoms with Gasteiger partial charge in [-0.05, 0) is 42.8 Å². The largest absolute Gasteiger partial charge is 0.497 e. The van der Waals surface area contributed by atoms with Gasteiger partial charge in [0.25, 0.3) is 0 Å². The van der Waals surface area contributed by atoms with Gasteiger partial charge < -0.3 is 15.4 Å². The number of benzene rings is 2. The molecule has 2 aromatic heterocycles. The maximum atomic E-state index is 11.8. The maximum absolute atomic E-state index is 11.8. The van der Waals surface area contributed by atoms with Crippen LogP contribution in [-0.2, 0) is 0 Å². The average molecular weight is 443 g/mol. The Morgan fingerprint density at radius 2 is 1.90 bits per heavy atom. The van der Waals surface area contributed by atoms with Crippen LogP contribution in [-0.4, -0.2) is 27.0 Å². The van der Waals surface area contributed by atoms with E-state index in [1.165, 1.54) is 17.7 Å². The first-order chi connectivity index (χ1) is 14.4. The first kappa shape index (κ1) is 19.8. The van der Waals surface area contributed by atoms with E-state index in [4.69, 9.17) is 16.3 Å². The monoisotopic (exact) mass is 442 g/mol. The minimum Gasteiger partial charge on any atom is -0.497 e. The Balaban J connectivity index is 1.69. The third kappa shape index (κ3) is 3.95. The Labute approximate surface area is 179 Å². The summed E-state index contributed by atoms with van der Waals surface area (Å²) >= 11 is 7.48. The number of thiazole rings is 1. The fourth-order valence-electron chi connectivity index (χ4n) is 2.73. The van der Waals surface area contributed by atoms with Gasteiger partial charge in [-0.3, -0.25) is 10.1 Å². The van der Waals surface area contributed by atoms with Gasteiger partial charge in [0, 0.05) is 10.7 Å². The second-order valence-electron chi connectivity index (χ2n) is 6.24. The average Bonchev–Trinajstić information content (AvgIpc) is 3.12. The van der Waals surface area contributed by atoms with E-state index in [0.29, 0.717) is 21.6 Å². The second-order valence-corrected chi connectivity index (χ2v) is 7.68. The number of aryl methyl sites for hydroxylation is 1. The quantitative estimate of drug-likeness (QED) is 0.299. The second kappa shape index (κ2) is 8.09. The summed E-state index contributed by atoms with van der Waals surface area (Å²) in [6.07, 6.45) is 1.24. The molecule has 0 unspecified atom stereocenters. The number of ether oxygens (including phenoxy) is 1. The van der Waals surface area contributed by atoms with Gasteiger partial charge in [0.2, 0.25) is 11.6 Å². The number of halogens is 1. The third-order valence-corrected chi connectivity index (χ3v) is 5.60. The SMILES string of the molecule is COc1ccc2nc(Nc3ncnc(Nc4ccc(C)c(Cl)c4)c3[N+](=O)[O-])sc2c1. The number of nitrogens with zero attached hydrogens (tertiary/aromatic N) is 4. The molecule has 2 aromatic carbocycles.